The molecule has 0 aromatic carbocycles. The van der Waals surface area contributed by atoms with Crippen molar-refractivity contribution in [1.82, 2.24) is 4.90 Å². The molecule has 1 saturated heterocycles. The molecule has 3 aliphatic rings. The number of hydrogen-bond acceptors (Lipinski definition) is 2. The molecule has 0 aromatic heterocycles. The van der Waals surface area contributed by atoms with Gasteiger partial charge < -0.3 is 4.74 Å². The Labute approximate surface area is 132 Å². The van der Waals surface area contributed by atoms with E-state index in [1.165, 1.54) is 37.9 Å². The topological polar surface area (TPSA) is 12.5 Å². The molecule has 2 aliphatic heterocycles. The van der Waals surface area contributed by atoms with Crippen molar-refractivity contribution < 1.29 is 4.74 Å². The first kappa shape index (κ1) is 15.1. The molecular formula is C16H25Cl2NO. The molecule has 0 bridgehead atoms. The lowest BCUT2D eigenvalue weighted by Crippen LogP contribution is -2.57. The lowest BCUT2D eigenvalue weighted by Gasteiger charge is -2.52. The van der Waals surface area contributed by atoms with E-state index in [2.05, 4.69) is 4.90 Å². The molecule has 4 heteroatoms. The maximum atomic E-state index is 6.25. The smallest absolute Gasteiger partial charge is 0.0592 e. The molecule has 2 heterocycles. The van der Waals surface area contributed by atoms with Gasteiger partial charge in [0.2, 0.25) is 0 Å². The van der Waals surface area contributed by atoms with Crippen molar-refractivity contribution >= 4 is 23.2 Å². The molecule has 20 heavy (non-hydrogen) atoms. The lowest BCUT2D eigenvalue weighted by molar-refractivity contribution is -0.0135. The van der Waals surface area contributed by atoms with Gasteiger partial charge in [-0.15, -0.1) is 23.2 Å². The summed E-state index contributed by atoms with van der Waals surface area (Å²) in [5.41, 5.74) is 3.25. The van der Waals surface area contributed by atoms with E-state index < -0.39 is 0 Å². The van der Waals surface area contributed by atoms with Crippen LogP contribution < -0.4 is 0 Å². The van der Waals surface area contributed by atoms with E-state index in [1.54, 1.807) is 5.57 Å². The van der Waals surface area contributed by atoms with Crippen molar-refractivity contribution in [3.8, 4) is 0 Å². The van der Waals surface area contributed by atoms with Crippen LogP contribution in [-0.4, -0.2) is 48.5 Å². The molecule has 2 fully saturated rings. The van der Waals surface area contributed by atoms with E-state index in [1.807, 2.05) is 7.11 Å². The SMILES string of the molecule is CO[C@H]1CC[C@@H]2CCN3CCC(CCl)=C(CCCl)[C@@]23C1. The van der Waals surface area contributed by atoms with Crippen molar-refractivity contribution in [2.45, 2.75) is 50.2 Å². The zero-order valence-electron chi connectivity index (χ0n) is 12.3. The Balaban J connectivity index is 2.02. The van der Waals surface area contributed by atoms with Crippen molar-refractivity contribution in [3.05, 3.63) is 11.1 Å². The predicted molar refractivity (Wildman–Crippen MR) is 84.8 cm³/mol. The number of hydrogen-bond donors (Lipinski definition) is 0. The molecule has 0 aromatic rings. The lowest BCUT2D eigenvalue weighted by atomic mass is 9.65. The molecule has 0 unspecified atom stereocenters. The van der Waals surface area contributed by atoms with Gasteiger partial charge >= 0.3 is 0 Å². The van der Waals surface area contributed by atoms with Crippen LogP contribution in [0.15, 0.2) is 11.1 Å². The van der Waals surface area contributed by atoms with Gasteiger partial charge in [-0.3, -0.25) is 4.90 Å². The summed E-state index contributed by atoms with van der Waals surface area (Å²) in [6.07, 6.45) is 7.48. The van der Waals surface area contributed by atoms with Crippen LogP contribution in [-0.2, 0) is 4.74 Å². The number of halogens is 2. The number of methoxy groups -OCH3 is 1. The van der Waals surface area contributed by atoms with Crippen LogP contribution in [0.1, 0.15) is 38.5 Å². The molecule has 3 rings (SSSR count). The van der Waals surface area contributed by atoms with Crippen molar-refractivity contribution in [2.75, 3.05) is 32.0 Å². The summed E-state index contributed by atoms with van der Waals surface area (Å²) in [4.78, 5) is 2.72. The first-order valence-electron chi connectivity index (χ1n) is 7.87. The standard InChI is InChI=1S/C16H25Cl2NO/c1-20-14-3-2-13-6-9-19-8-5-12(11-18)15(4-7-17)16(13,19)10-14/h13-14H,2-11H2,1H3/t13-,14+,16-/m1/s1. The predicted octanol–water partition coefficient (Wildman–Crippen LogP) is 3.81. The van der Waals surface area contributed by atoms with Gasteiger partial charge in [0.25, 0.3) is 0 Å². The van der Waals surface area contributed by atoms with Crippen LogP contribution in [0.5, 0.6) is 0 Å². The van der Waals surface area contributed by atoms with Gasteiger partial charge in [-0.1, -0.05) is 5.57 Å². The summed E-state index contributed by atoms with van der Waals surface area (Å²) in [7, 11) is 1.86. The molecule has 114 valence electrons. The second-order valence-electron chi connectivity index (χ2n) is 6.44. The Morgan fingerprint density at radius 2 is 2.10 bits per heavy atom. The molecule has 2 nitrogen and oxygen atoms in total. The minimum atomic E-state index is 0.219. The quantitative estimate of drug-likeness (QED) is 0.577. The van der Waals surface area contributed by atoms with Crippen LogP contribution in [0.4, 0.5) is 0 Å². The summed E-state index contributed by atoms with van der Waals surface area (Å²) < 4.78 is 5.72. The summed E-state index contributed by atoms with van der Waals surface area (Å²) in [5.74, 6) is 2.16. The number of alkyl halides is 2. The zero-order chi connectivity index (χ0) is 14.2. The third kappa shape index (κ3) is 2.24. The Hall–Kier alpha value is 0.240. The molecule has 3 atom stereocenters. The molecule has 1 spiro atoms. The number of ether oxygens (including phenoxy) is 1. The maximum absolute atomic E-state index is 6.25. The van der Waals surface area contributed by atoms with Crippen LogP contribution in [0, 0.1) is 5.92 Å². The van der Waals surface area contributed by atoms with E-state index in [-0.39, 0.29) is 5.54 Å². The highest BCUT2D eigenvalue weighted by molar-refractivity contribution is 6.19. The summed E-state index contributed by atoms with van der Waals surface area (Å²) >= 11 is 12.4. The minimum absolute atomic E-state index is 0.219. The van der Waals surface area contributed by atoms with Crippen LogP contribution in [0.3, 0.4) is 0 Å². The highest BCUT2D eigenvalue weighted by atomic mass is 35.5. The Morgan fingerprint density at radius 3 is 2.80 bits per heavy atom. The summed E-state index contributed by atoms with van der Waals surface area (Å²) in [6.45, 7) is 2.41. The van der Waals surface area contributed by atoms with Crippen LogP contribution in [0.25, 0.3) is 0 Å². The van der Waals surface area contributed by atoms with Gasteiger partial charge in [-0.2, -0.15) is 0 Å². The molecular weight excluding hydrogens is 293 g/mol. The zero-order valence-corrected chi connectivity index (χ0v) is 13.8. The normalized spacial score (nSPS) is 38.0. The van der Waals surface area contributed by atoms with Gasteiger partial charge in [0.15, 0.2) is 0 Å². The third-order valence-electron chi connectivity index (χ3n) is 5.84. The molecule has 1 saturated carbocycles. The molecule has 0 radical (unpaired) electrons. The molecule has 1 aliphatic carbocycles. The molecule has 0 amide bonds. The fraction of sp³-hybridized carbons (Fsp3) is 0.875. The highest BCUT2D eigenvalue weighted by Crippen LogP contribution is 2.53. The van der Waals surface area contributed by atoms with Gasteiger partial charge in [0.05, 0.1) is 6.10 Å². The Morgan fingerprint density at radius 1 is 1.25 bits per heavy atom. The third-order valence-corrected chi connectivity index (χ3v) is 6.35. The Bertz CT molecular complexity index is 398. The van der Waals surface area contributed by atoms with E-state index in [9.17, 15) is 0 Å². The second kappa shape index (κ2) is 6.16. The average molecular weight is 318 g/mol. The summed E-state index contributed by atoms with van der Waals surface area (Å²) in [5, 5.41) is 0. The fourth-order valence-electron chi connectivity index (χ4n) is 4.96. The first-order chi connectivity index (χ1) is 9.76. The highest BCUT2D eigenvalue weighted by Gasteiger charge is 2.55. The van der Waals surface area contributed by atoms with Gasteiger partial charge in [-0.05, 0) is 56.6 Å². The van der Waals surface area contributed by atoms with Gasteiger partial charge in [-0.25, -0.2) is 0 Å². The van der Waals surface area contributed by atoms with Crippen LogP contribution >= 0.6 is 23.2 Å². The Kier molecular flexibility index (Phi) is 4.66. The van der Waals surface area contributed by atoms with E-state index in [0.717, 1.165) is 25.2 Å². The van der Waals surface area contributed by atoms with E-state index in [4.69, 9.17) is 27.9 Å². The van der Waals surface area contributed by atoms with Crippen LogP contribution in [0.2, 0.25) is 0 Å². The van der Waals surface area contributed by atoms with Crippen molar-refractivity contribution in [1.29, 1.82) is 0 Å². The van der Waals surface area contributed by atoms with E-state index in [0.29, 0.717) is 17.9 Å². The van der Waals surface area contributed by atoms with Gasteiger partial charge in [0, 0.05) is 31.0 Å². The number of nitrogens with zero attached hydrogens (tertiary/aromatic N) is 1. The monoisotopic (exact) mass is 317 g/mol. The summed E-state index contributed by atoms with van der Waals surface area (Å²) in [6, 6.07) is 0. The average Bonchev–Trinajstić information content (AvgIpc) is 2.86. The van der Waals surface area contributed by atoms with Crippen molar-refractivity contribution in [2.24, 2.45) is 5.92 Å². The molecule has 0 N–H and O–H groups in total. The van der Waals surface area contributed by atoms with Gasteiger partial charge in [0.1, 0.15) is 0 Å². The maximum Gasteiger partial charge on any atom is 0.0592 e. The van der Waals surface area contributed by atoms with E-state index >= 15 is 0 Å². The first-order valence-corrected chi connectivity index (χ1v) is 8.94. The fourth-order valence-corrected chi connectivity index (χ4v) is 5.44. The largest absolute Gasteiger partial charge is 0.381 e. The van der Waals surface area contributed by atoms with Crippen molar-refractivity contribution in [3.63, 3.8) is 0 Å². The second-order valence-corrected chi connectivity index (χ2v) is 7.09. The minimum Gasteiger partial charge on any atom is -0.381 e. The number of rotatable bonds is 4.